The number of carbonyl (C=O) groups excluding carboxylic acids is 1. The van der Waals surface area contributed by atoms with Crippen LogP contribution < -0.4 is 0 Å². The molecule has 0 unspecified atom stereocenters. The molecule has 2 nitrogen and oxygen atoms in total. The smallest absolute Gasteiger partial charge is 0.403 e. The molecular formula is C31H19ClO2. The van der Waals surface area contributed by atoms with E-state index < -0.39 is 5.43 Å². The molecule has 1 aliphatic carbocycles. The van der Waals surface area contributed by atoms with Gasteiger partial charge in [0.1, 0.15) is 6.61 Å². The van der Waals surface area contributed by atoms with E-state index in [2.05, 4.69) is 97.1 Å². The summed E-state index contributed by atoms with van der Waals surface area (Å²) in [5, 5.41) is 9.70. The maximum Gasteiger partial charge on any atom is 0.403 e. The lowest BCUT2D eigenvalue weighted by molar-refractivity contribution is 0.170. The van der Waals surface area contributed by atoms with E-state index in [1.165, 1.54) is 65.3 Å². The second-order valence-corrected chi connectivity index (χ2v) is 9.17. The highest BCUT2D eigenvalue weighted by Gasteiger charge is 2.36. The second-order valence-electron chi connectivity index (χ2n) is 8.86. The highest BCUT2D eigenvalue weighted by atomic mass is 35.5. The maximum atomic E-state index is 11.7. The van der Waals surface area contributed by atoms with E-state index in [0.717, 1.165) is 0 Å². The van der Waals surface area contributed by atoms with Crippen molar-refractivity contribution in [2.45, 2.75) is 5.92 Å². The predicted molar refractivity (Wildman–Crippen MR) is 141 cm³/mol. The first-order chi connectivity index (χ1) is 16.7. The molecule has 3 heteroatoms. The molecule has 0 saturated carbocycles. The molecule has 1 aliphatic rings. The van der Waals surface area contributed by atoms with Crippen LogP contribution >= 0.6 is 11.6 Å². The van der Waals surface area contributed by atoms with Gasteiger partial charge in [-0.05, 0) is 65.3 Å². The molecule has 0 heterocycles. The Morgan fingerprint density at radius 2 is 0.882 bits per heavy atom. The van der Waals surface area contributed by atoms with Gasteiger partial charge >= 0.3 is 5.43 Å². The Hall–Kier alpha value is -3.88. The second kappa shape index (κ2) is 7.31. The molecule has 34 heavy (non-hydrogen) atoms. The van der Waals surface area contributed by atoms with Gasteiger partial charge in [0.2, 0.25) is 0 Å². The minimum atomic E-state index is -0.773. The van der Waals surface area contributed by atoms with E-state index in [9.17, 15) is 4.79 Å². The summed E-state index contributed by atoms with van der Waals surface area (Å²) in [4.78, 5) is 11.7. The van der Waals surface area contributed by atoms with Crippen LogP contribution in [0.25, 0.3) is 54.2 Å². The molecule has 0 aliphatic heterocycles. The Kier molecular flexibility index (Phi) is 4.21. The fourth-order valence-corrected chi connectivity index (χ4v) is 6.12. The Bertz CT molecular complexity index is 1680. The monoisotopic (exact) mass is 458 g/mol. The summed E-state index contributed by atoms with van der Waals surface area (Å²) in [5.74, 6) is -0.114. The molecule has 7 rings (SSSR count). The van der Waals surface area contributed by atoms with Gasteiger partial charge in [0.25, 0.3) is 0 Å². The summed E-state index contributed by atoms with van der Waals surface area (Å²) >= 11 is 5.68. The van der Waals surface area contributed by atoms with Crippen LogP contribution in [0.1, 0.15) is 17.0 Å². The normalized spacial score (nSPS) is 13.0. The first-order valence-corrected chi connectivity index (χ1v) is 11.8. The van der Waals surface area contributed by atoms with Gasteiger partial charge in [-0.2, -0.15) is 0 Å². The number of carbonyl (C=O) groups is 1. The third-order valence-electron chi connectivity index (χ3n) is 7.26. The summed E-state index contributed by atoms with van der Waals surface area (Å²) in [5.41, 5.74) is 4.13. The third kappa shape index (κ3) is 2.60. The van der Waals surface area contributed by atoms with E-state index >= 15 is 0 Å². The molecule has 0 atom stereocenters. The van der Waals surface area contributed by atoms with E-state index in [-0.39, 0.29) is 12.5 Å². The number of rotatable bonds is 2. The van der Waals surface area contributed by atoms with Crippen molar-refractivity contribution in [3.05, 3.63) is 108 Å². The fourth-order valence-electron chi connectivity index (χ4n) is 6.06. The highest BCUT2D eigenvalue weighted by Crippen LogP contribution is 2.56. The maximum absolute atomic E-state index is 11.7. The van der Waals surface area contributed by atoms with Gasteiger partial charge in [-0.3, -0.25) is 0 Å². The number of hydrogen-bond donors (Lipinski definition) is 0. The molecular weight excluding hydrogens is 440 g/mol. The van der Waals surface area contributed by atoms with Crippen molar-refractivity contribution < 1.29 is 9.53 Å². The summed E-state index contributed by atoms with van der Waals surface area (Å²) in [6.45, 7) is 0.201. The van der Waals surface area contributed by atoms with Gasteiger partial charge in [-0.15, -0.1) is 0 Å². The van der Waals surface area contributed by atoms with E-state index in [4.69, 9.17) is 16.3 Å². The molecule has 0 saturated heterocycles. The van der Waals surface area contributed by atoms with Crippen molar-refractivity contribution in [3.63, 3.8) is 0 Å². The molecule has 0 N–H and O–H groups in total. The van der Waals surface area contributed by atoms with Crippen molar-refractivity contribution in [1.82, 2.24) is 0 Å². The van der Waals surface area contributed by atoms with Crippen molar-refractivity contribution in [3.8, 4) is 11.1 Å². The van der Waals surface area contributed by atoms with Gasteiger partial charge in [-0.25, -0.2) is 4.79 Å². The van der Waals surface area contributed by atoms with Crippen LogP contribution in [0.2, 0.25) is 0 Å². The first-order valence-electron chi connectivity index (χ1n) is 11.4. The van der Waals surface area contributed by atoms with Crippen molar-refractivity contribution in [2.75, 3.05) is 6.61 Å². The number of fused-ring (bicyclic) bond motifs is 13. The van der Waals surface area contributed by atoms with E-state index in [1.807, 2.05) is 0 Å². The predicted octanol–water partition coefficient (Wildman–Crippen LogP) is 8.79. The van der Waals surface area contributed by atoms with Gasteiger partial charge in [0.15, 0.2) is 0 Å². The Labute approximate surface area is 201 Å². The molecule has 0 amide bonds. The van der Waals surface area contributed by atoms with Crippen molar-refractivity contribution in [2.24, 2.45) is 0 Å². The van der Waals surface area contributed by atoms with Crippen LogP contribution in [0.5, 0.6) is 0 Å². The van der Waals surface area contributed by atoms with Crippen LogP contribution in [0.3, 0.4) is 0 Å². The zero-order valence-corrected chi connectivity index (χ0v) is 19.0. The van der Waals surface area contributed by atoms with Crippen LogP contribution in [-0.2, 0) is 4.74 Å². The van der Waals surface area contributed by atoms with Crippen LogP contribution in [-0.4, -0.2) is 12.0 Å². The molecule has 162 valence electrons. The van der Waals surface area contributed by atoms with Crippen LogP contribution in [0, 0.1) is 0 Å². The van der Waals surface area contributed by atoms with Crippen molar-refractivity contribution in [1.29, 1.82) is 0 Å². The lowest BCUT2D eigenvalue weighted by Gasteiger charge is -2.18. The lowest BCUT2D eigenvalue weighted by atomic mass is 9.88. The highest BCUT2D eigenvalue weighted by molar-refractivity contribution is 6.61. The quantitative estimate of drug-likeness (QED) is 0.191. The topological polar surface area (TPSA) is 26.3 Å². The number of ether oxygens (including phenoxy) is 1. The van der Waals surface area contributed by atoms with Crippen LogP contribution in [0.15, 0.2) is 97.1 Å². The average Bonchev–Trinajstić information content (AvgIpc) is 3.24. The average molecular weight is 459 g/mol. The Morgan fingerprint density at radius 1 is 0.559 bits per heavy atom. The molecule has 0 fully saturated rings. The summed E-state index contributed by atoms with van der Waals surface area (Å²) < 4.78 is 5.49. The molecule has 0 spiro atoms. The van der Waals surface area contributed by atoms with Gasteiger partial charge in [0, 0.05) is 17.5 Å². The number of halogens is 1. The Balaban J connectivity index is 1.75. The number of benzene rings is 6. The third-order valence-corrected chi connectivity index (χ3v) is 7.37. The molecule has 6 aromatic rings. The summed E-state index contributed by atoms with van der Waals surface area (Å²) in [6, 6.07) is 34.3. The largest absolute Gasteiger partial charge is 0.453 e. The lowest BCUT2D eigenvalue weighted by Crippen LogP contribution is -2.09. The standard InChI is InChI=1S/C31H19ClO2/c32-31(33)34-17-26-27-22-13-5-1-9-18(22)20-11-3-7-15-24(20)29(27)30-25-16-8-4-12-21(25)19-10-2-6-14-23(19)28(26)30/h1-16,26H,17H2. The zero-order chi connectivity index (χ0) is 22.8. The van der Waals surface area contributed by atoms with Crippen molar-refractivity contribution >= 4 is 60.1 Å². The molecule has 6 aromatic carbocycles. The van der Waals surface area contributed by atoms with Crippen LogP contribution in [0.4, 0.5) is 4.79 Å². The zero-order valence-electron chi connectivity index (χ0n) is 18.2. The minimum Gasteiger partial charge on any atom is -0.453 e. The fraction of sp³-hybridized carbons (Fsp3) is 0.0645. The van der Waals surface area contributed by atoms with E-state index in [0.29, 0.717) is 0 Å². The Morgan fingerprint density at radius 3 is 1.26 bits per heavy atom. The van der Waals surface area contributed by atoms with Gasteiger partial charge in [-0.1, -0.05) is 97.1 Å². The molecule has 0 radical (unpaired) electrons. The van der Waals surface area contributed by atoms with E-state index in [1.54, 1.807) is 0 Å². The van der Waals surface area contributed by atoms with Gasteiger partial charge in [0.05, 0.1) is 0 Å². The molecule has 0 bridgehead atoms. The summed E-state index contributed by atoms with van der Waals surface area (Å²) in [7, 11) is 0. The number of hydrogen-bond acceptors (Lipinski definition) is 2. The SMILES string of the molecule is O=C(Cl)OCC1c2c(c3ccccc3c3ccccc23)-c2c1c1ccccc1c1ccccc21. The minimum absolute atomic E-state index is 0.114. The summed E-state index contributed by atoms with van der Waals surface area (Å²) in [6.07, 6.45) is 0. The molecule has 0 aromatic heterocycles. The first kappa shape index (κ1) is 19.6. The van der Waals surface area contributed by atoms with Gasteiger partial charge < -0.3 is 4.74 Å².